The molecule has 3 aromatic heterocycles. The fraction of sp³-hybridized carbons (Fsp3) is 0.0952. The van der Waals surface area contributed by atoms with E-state index in [2.05, 4.69) is 10.2 Å². The summed E-state index contributed by atoms with van der Waals surface area (Å²) in [7, 11) is 0. The van der Waals surface area contributed by atoms with Gasteiger partial charge in [0.15, 0.2) is 0 Å². The van der Waals surface area contributed by atoms with Gasteiger partial charge in [-0.25, -0.2) is 0 Å². The number of benzene rings is 2. The van der Waals surface area contributed by atoms with Crippen molar-refractivity contribution in [3.63, 3.8) is 0 Å². The van der Waals surface area contributed by atoms with Gasteiger partial charge in [0.05, 0.1) is 15.0 Å². The molecular formula is C21H15N3O2S2. The number of hydrogen-bond acceptors (Lipinski definition) is 6. The Kier molecular flexibility index (Phi) is 4.38. The summed E-state index contributed by atoms with van der Waals surface area (Å²) in [6.07, 6.45) is 0.597. The zero-order chi connectivity index (χ0) is 18.9. The van der Waals surface area contributed by atoms with E-state index in [4.69, 9.17) is 4.42 Å². The zero-order valence-corrected chi connectivity index (χ0v) is 16.3. The number of thiophene rings is 1. The van der Waals surface area contributed by atoms with Crippen LogP contribution in [0.2, 0.25) is 0 Å². The molecule has 0 spiro atoms. The van der Waals surface area contributed by atoms with Crippen molar-refractivity contribution in [1.82, 2.24) is 14.2 Å². The first-order chi connectivity index (χ1) is 13.8. The van der Waals surface area contributed by atoms with Crippen LogP contribution in [0, 0.1) is 0 Å². The molecule has 138 valence electrons. The monoisotopic (exact) mass is 405 g/mol. The van der Waals surface area contributed by atoms with Gasteiger partial charge in [-0.3, -0.25) is 8.75 Å². The van der Waals surface area contributed by atoms with E-state index in [1.54, 1.807) is 15.3 Å². The van der Waals surface area contributed by atoms with Crippen molar-refractivity contribution in [1.29, 1.82) is 0 Å². The highest BCUT2D eigenvalue weighted by atomic mass is 32.1. The lowest BCUT2D eigenvalue weighted by Gasteiger charge is -2.13. The molecule has 3 heterocycles. The molecule has 0 aliphatic carbocycles. The lowest BCUT2D eigenvalue weighted by molar-refractivity contribution is 0.428. The molecule has 28 heavy (non-hydrogen) atoms. The van der Waals surface area contributed by atoms with Crippen molar-refractivity contribution in [3.8, 4) is 10.8 Å². The van der Waals surface area contributed by atoms with E-state index in [0.29, 0.717) is 23.6 Å². The molecule has 0 radical (unpaired) electrons. The largest absolute Gasteiger partial charge is 0.418 e. The van der Waals surface area contributed by atoms with Crippen molar-refractivity contribution in [2.75, 3.05) is 0 Å². The minimum Gasteiger partial charge on any atom is -0.418 e. The molecule has 0 N–H and O–H groups in total. The first-order valence-corrected chi connectivity index (χ1v) is 10.5. The zero-order valence-electron chi connectivity index (χ0n) is 14.7. The summed E-state index contributed by atoms with van der Waals surface area (Å²) in [5, 5.41) is 11.2. The van der Waals surface area contributed by atoms with Crippen LogP contribution in [-0.2, 0) is 6.42 Å². The maximum Gasteiger partial charge on any atom is 0.269 e. The third-order valence-corrected chi connectivity index (χ3v) is 6.55. The fourth-order valence-corrected chi connectivity index (χ4v) is 4.89. The van der Waals surface area contributed by atoms with E-state index >= 15 is 0 Å². The van der Waals surface area contributed by atoms with Crippen molar-refractivity contribution in [2.45, 2.75) is 12.5 Å². The van der Waals surface area contributed by atoms with Gasteiger partial charge < -0.3 is 4.42 Å². The van der Waals surface area contributed by atoms with Gasteiger partial charge in [0.1, 0.15) is 6.04 Å². The highest BCUT2D eigenvalue weighted by Crippen LogP contribution is 2.30. The Morgan fingerprint density at radius 2 is 1.79 bits per heavy atom. The van der Waals surface area contributed by atoms with Crippen LogP contribution in [0.4, 0.5) is 0 Å². The van der Waals surface area contributed by atoms with E-state index < -0.39 is 0 Å². The quantitative estimate of drug-likeness (QED) is 0.412. The second kappa shape index (κ2) is 7.18. The minimum atomic E-state index is -0.353. The van der Waals surface area contributed by atoms with Gasteiger partial charge >= 0.3 is 0 Å². The first-order valence-electron chi connectivity index (χ1n) is 8.81. The summed E-state index contributed by atoms with van der Waals surface area (Å²) in [6.45, 7) is 0. The van der Waals surface area contributed by atoms with Crippen LogP contribution in [0.1, 0.15) is 17.5 Å². The van der Waals surface area contributed by atoms with Crippen LogP contribution < -0.4 is 5.56 Å². The van der Waals surface area contributed by atoms with Crippen molar-refractivity contribution in [3.05, 3.63) is 93.9 Å². The van der Waals surface area contributed by atoms with E-state index in [1.807, 2.05) is 72.1 Å². The van der Waals surface area contributed by atoms with E-state index in [1.165, 1.54) is 11.5 Å². The molecule has 0 fully saturated rings. The van der Waals surface area contributed by atoms with Crippen molar-refractivity contribution < 1.29 is 4.42 Å². The fourth-order valence-electron chi connectivity index (χ4n) is 3.17. The van der Waals surface area contributed by atoms with Crippen molar-refractivity contribution >= 4 is 33.0 Å². The average Bonchev–Trinajstić information content (AvgIpc) is 3.48. The smallest absolute Gasteiger partial charge is 0.269 e. The predicted molar refractivity (Wildman–Crippen MR) is 112 cm³/mol. The van der Waals surface area contributed by atoms with Gasteiger partial charge in [-0.1, -0.05) is 60.1 Å². The summed E-state index contributed by atoms with van der Waals surface area (Å²) in [6, 6.07) is 21.2. The van der Waals surface area contributed by atoms with Gasteiger partial charge in [-0.05, 0) is 29.1 Å². The summed E-state index contributed by atoms with van der Waals surface area (Å²) in [5.74, 6) is 0.929. The standard InChI is InChI=1S/C21H15N3O2S2/c25-21-15-9-4-5-10-17(15)28-24(21)16(13-14-7-2-1-3-8-14)19-22-23-20(26-19)18-11-6-12-27-18/h1-12,16H,13H2. The summed E-state index contributed by atoms with van der Waals surface area (Å²) >= 11 is 2.98. The molecule has 0 aliphatic rings. The highest BCUT2D eigenvalue weighted by molar-refractivity contribution is 7.14. The molecule has 0 aliphatic heterocycles. The number of aromatic nitrogens is 3. The molecule has 0 saturated heterocycles. The Hall–Kier alpha value is -3.03. The van der Waals surface area contributed by atoms with Gasteiger partial charge in [0, 0.05) is 6.42 Å². The molecule has 5 aromatic rings. The van der Waals surface area contributed by atoms with Gasteiger partial charge in [0.2, 0.25) is 5.89 Å². The Morgan fingerprint density at radius 1 is 0.964 bits per heavy atom. The number of nitrogens with zero attached hydrogens (tertiary/aromatic N) is 3. The summed E-state index contributed by atoms with van der Waals surface area (Å²) in [4.78, 5) is 14.0. The Labute approximate surface area is 168 Å². The van der Waals surface area contributed by atoms with E-state index in [-0.39, 0.29) is 11.6 Å². The SMILES string of the molecule is O=c1c2ccccc2sn1C(Cc1ccccc1)c1nnc(-c2cccs2)o1. The highest BCUT2D eigenvalue weighted by Gasteiger charge is 2.25. The molecule has 0 bridgehead atoms. The lowest BCUT2D eigenvalue weighted by atomic mass is 10.1. The third kappa shape index (κ3) is 3.08. The summed E-state index contributed by atoms with van der Waals surface area (Å²) in [5.41, 5.74) is 1.07. The maximum atomic E-state index is 13.1. The average molecular weight is 406 g/mol. The Bertz CT molecular complexity index is 1270. The predicted octanol–water partition coefficient (Wildman–Crippen LogP) is 5.01. The lowest BCUT2D eigenvalue weighted by Crippen LogP contribution is -2.22. The van der Waals surface area contributed by atoms with Crippen LogP contribution in [0.3, 0.4) is 0 Å². The molecule has 7 heteroatoms. The molecule has 5 nitrogen and oxygen atoms in total. The van der Waals surface area contributed by atoms with Crippen molar-refractivity contribution in [2.24, 2.45) is 0 Å². The summed E-state index contributed by atoms with van der Waals surface area (Å²) < 4.78 is 8.70. The number of rotatable bonds is 5. The second-order valence-corrected chi connectivity index (χ2v) is 8.31. The topological polar surface area (TPSA) is 60.9 Å². The minimum absolute atomic E-state index is 0.0302. The molecule has 5 rings (SSSR count). The van der Waals surface area contributed by atoms with Crippen LogP contribution in [-0.4, -0.2) is 14.2 Å². The van der Waals surface area contributed by atoms with Gasteiger partial charge in [0.25, 0.3) is 11.4 Å². The molecule has 0 saturated carbocycles. The molecule has 2 aromatic carbocycles. The molecule has 1 unspecified atom stereocenters. The van der Waals surface area contributed by atoms with E-state index in [9.17, 15) is 4.79 Å². The second-order valence-electron chi connectivity index (χ2n) is 6.35. The Morgan fingerprint density at radius 3 is 2.57 bits per heavy atom. The Balaban J connectivity index is 1.62. The van der Waals surface area contributed by atoms with E-state index in [0.717, 1.165) is 15.1 Å². The maximum absolute atomic E-state index is 13.1. The third-order valence-electron chi connectivity index (χ3n) is 4.53. The normalized spacial score (nSPS) is 12.4. The molecule has 0 amide bonds. The number of fused-ring (bicyclic) bond motifs is 1. The van der Waals surface area contributed by atoms with Crippen LogP contribution in [0.5, 0.6) is 0 Å². The molecule has 1 atom stereocenters. The van der Waals surface area contributed by atoms with Gasteiger partial charge in [-0.2, -0.15) is 0 Å². The van der Waals surface area contributed by atoms with Crippen LogP contribution >= 0.6 is 22.9 Å². The van der Waals surface area contributed by atoms with Crippen LogP contribution in [0.15, 0.2) is 81.3 Å². The number of hydrogen-bond donors (Lipinski definition) is 0. The molecular weight excluding hydrogens is 390 g/mol. The van der Waals surface area contributed by atoms with Crippen LogP contribution in [0.25, 0.3) is 20.9 Å². The van der Waals surface area contributed by atoms with Gasteiger partial charge in [-0.15, -0.1) is 21.5 Å². The first kappa shape index (κ1) is 17.1.